The molecular formula is C26H23NO4S. The van der Waals surface area contributed by atoms with Crippen molar-refractivity contribution in [2.75, 3.05) is 4.72 Å². The Morgan fingerprint density at radius 2 is 1.59 bits per heavy atom. The zero-order chi connectivity index (χ0) is 22.3. The number of hydrogen-bond acceptors (Lipinski definition) is 4. The Labute approximate surface area is 186 Å². The van der Waals surface area contributed by atoms with Gasteiger partial charge in [-0.25, -0.2) is 13.2 Å². The smallest absolute Gasteiger partial charge is 0.344 e. The van der Waals surface area contributed by atoms with Crippen molar-refractivity contribution in [2.45, 2.75) is 37.5 Å². The normalized spacial score (nSPS) is 13.7. The van der Waals surface area contributed by atoms with E-state index in [0.717, 1.165) is 29.4 Å². The molecule has 0 bridgehead atoms. The molecule has 5 nitrogen and oxygen atoms in total. The SMILES string of the molecule is Cc1ccc(S(=O)(=O)Nc2ccc3cc(-c4ccc5c(c4)CCCC5)c(=O)oc3c2)cc1. The van der Waals surface area contributed by atoms with Gasteiger partial charge in [0.15, 0.2) is 0 Å². The Kier molecular flexibility index (Phi) is 5.10. The number of sulfonamides is 1. The van der Waals surface area contributed by atoms with Crippen molar-refractivity contribution >= 4 is 26.7 Å². The molecule has 6 heteroatoms. The quantitative estimate of drug-likeness (QED) is 0.424. The van der Waals surface area contributed by atoms with Crippen LogP contribution in [0.4, 0.5) is 5.69 Å². The molecule has 1 aromatic heterocycles. The Morgan fingerprint density at radius 3 is 2.38 bits per heavy atom. The summed E-state index contributed by atoms with van der Waals surface area (Å²) in [6.45, 7) is 1.90. The second-order valence-electron chi connectivity index (χ2n) is 8.31. The predicted molar refractivity (Wildman–Crippen MR) is 127 cm³/mol. The van der Waals surface area contributed by atoms with Gasteiger partial charge in [-0.2, -0.15) is 0 Å². The van der Waals surface area contributed by atoms with E-state index >= 15 is 0 Å². The monoisotopic (exact) mass is 445 g/mol. The van der Waals surface area contributed by atoms with Crippen LogP contribution in [-0.4, -0.2) is 8.42 Å². The van der Waals surface area contributed by atoms with Crippen LogP contribution >= 0.6 is 0 Å². The van der Waals surface area contributed by atoms with Gasteiger partial charge in [0, 0.05) is 11.5 Å². The predicted octanol–water partition coefficient (Wildman–Crippen LogP) is 5.45. The van der Waals surface area contributed by atoms with Gasteiger partial charge in [0.25, 0.3) is 10.0 Å². The van der Waals surface area contributed by atoms with Gasteiger partial charge in [0.05, 0.1) is 16.1 Å². The van der Waals surface area contributed by atoms with E-state index in [9.17, 15) is 13.2 Å². The van der Waals surface area contributed by atoms with Crippen LogP contribution < -0.4 is 10.3 Å². The minimum absolute atomic E-state index is 0.174. The molecule has 1 aliphatic rings. The molecule has 0 saturated heterocycles. The third kappa shape index (κ3) is 3.94. The van der Waals surface area contributed by atoms with Gasteiger partial charge in [-0.1, -0.05) is 35.9 Å². The van der Waals surface area contributed by atoms with Crippen LogP contribution in [0, 0.1) is 6.92 Å². The van der Waals surface area contributed by atoms with Crippen molar-refractivity contribution in [1.29, 1.82) is 0 Å². The van der Waals surface area contributed by atoms with Crippen LogP contribution in [0.5, 0.6) is 0 Å². The maximum Gasteiger partial charge on any atom is 0.344 e. The van der Waals surface area contributed by atoms with Crippen LogP contribution in [0.2, 0.25) is 0 Å². The van der Waals surface area contributed by atoms with E-state index in [4.69, 9.17) is 4.42 Å². The number of rotatable bonds is 4. The van der Waals surface area contributed by atoms with Gasteiger partial charge in [-0.05, 0) is 79.6 Å². The summed E-state index contributed by atoms with van der Waals surface area (Å²) in [5.41, 5.74) is 5.23. The van der Waals surface area contributed by atoms with E-state index in [0.29, 0.717) is 16.8 Å². The number of nitrogens with one attached hydrogen (secondary N) is 1. The molecule has 3 aromatic carbocycles. The van der Waals surface area contributed by atoms with E-state index in [1.54, 1.807) is 42.5 Å². The van der Waals surface area contributed by atoms with Gasteiger partial charge in [0.1, 0.15) is 5.58 Å². The lowest BCUT2D eigenvalue weighted by Gasteiger charge is -2.16. The van der Waals surface area contributed by atoms with Crippen molar-refractivity contribution in [1.82, 2.24) is 0 Å². The molecule has 0 spiro atoms. The van der Waals surface area contributed by atoms with Gasteiger partial charge in [-0.3, -0.25) is 4.72 Å². The van der Waals surface area contributed by atoms with Crippen LogP contribution in [0.3, 0.4) is 0 Å². The number of hydrogen-bond donors (Lipinski definition) is 1. The number of aryl methyl sites for hydroxylation is 3. The van der Waals surface area contributed by atoms with Crippen molar-refractivity contribution in [3.8, 4) is 11.1 Å². The molecule has 1 aliphatic carbocycles. The highest BCUT2D eigenvalue weighted by molar-refractivity contribution is 7.92. The van der Waals surface area contributed by atoms with Crippen molar-refractivity contribution in [3.63, 3.8) is 0 Å². The highest BCUT2D eigenvalue weighted by atomic mass is 32.2. The van der Waals surface area contributed by atoms with E-state index in [2.05, 4.69) is 16.9 Å². The summed E-state index contributed by atoms with van der Waals surface area (Å²) >= 11 is 0. The zero-order valence-corrected chi connectivity index (χ0v) is 18.5. The number of fused-ring (bicyclic) bond motifs is 2. The molecule has 1 heterocycles. The lowest BCUT2D eigenvalue weighted by Crippen LogP contribution is -2.13. The maximum atomic E-state index is 12.7. The Balaban J connectivity index is 1.48. The minimum atomic E-state index is -3.74. The molecule has 1 N–H and O–H groups in total. The third-order valence-corrected chi connectivity index (χ3v) is 7.38. The highest BCUT2D eigenvalue weighted by Crippen LogP contribution is 2.29. The van der Waals surface area contributed by atoms with E-state index < -0.39 is 15.6 Å². The summed E-state index contributed by atoms with van der Waals surface area (Å²) in [4.78, 5) is 12.9. The lowest BCUT2D eigenvalue weighted by molar-refractivity contribution is 0.563. The molecule has 0 saturated carbocycles. The molecule has 0 fully saturated rings. The van der Waals surface area contributed by atoms with Gasteiger partial charge >= 0.3 is 5.63 Å². The van der Waals surface area contributed by atoms with Crippen LogP contribution in [0.1, 0.15) is 29.5 Å². The summed E-state index contributed by atoms with van der Waals surface area (Å²) in [5, 5.41) is 0.732. The highest BCUT2D eigenvalue weighted by Gasteiger charge is 2.16. The molecule has 0 aliphatic heterocycles. The fraction of sp³-hybridized carbons (Fsp3) is 0.192. The van der Waals surface area contributed by atoms with Crippen molar-refractivity contribution in [3.05, 3.63) is 93.8 Å². The third-order valence-electron chi connectivity index (χ3n) is 5.98. The lowest BCUT2D eigenvalue weighted by atomic mass is 9.89. The largest absolute Gasteiger partial charge is 0.422 e. The average Bonchev–Trinajstić information content (AvgIpc) is 2.78. The molecule has 0 atom stereocenters. The molecule has 162 valence electrons. The molecule has 0 unspecified atom stereocenters. The van der Waals surface area contributed by atoms with Crippen LogP contribution in [0.25, 0.3) is 22.1 Å². The molecule has 32 heavy (non-hydrogen) atoms. The van der Waals surface area contributed by atoms with E-state index in [1.807, 2.05) is 19.1 Å². The summed E-state index contributed by atoms with van der Waals surface area (Å²) in [6, 6.07) is 19.6. The molecule has 4 aromatic rings. The minimum Gasteiger partial charge on any atom is -0.422 e. The zero-order valence-electron chi connectivity index (χ0n) is 17.7. The second kappa shape index (κ2) is 7.95. The topological polar surface area (TPSA) is 76.4 Å². The van der Waals surface area contributed by atoms with Crippen molar-refractivity contribution < 1.29 is 12.8 Å². The van der Waals surface area contributed by atoms with Crippen LogP contribution in [0.15, 0.2) is 80.8 Å². The first-order chi connectivity index (χ1) is 15.4. The van der Waals surface area contributed by atoms with Gasteiger partial charge in [-0.15, -0.1) is 0 Å². The fourth-order valence-electron chi connectivity index (χ4n) is 4.21. The maximum absolute atomic E-state index is 12.7. The fourth-order valence-corrected chi connectivity index (χ4v) is 5.26. The van der Waals surface area contributed by atoms with Crippen molar-refractivity contribution in [2.24, 2.45) is 0 Å². The van der Waals surface area contributed by atoms with E-state index in [1.165, 1.54) is 24.0 Å². The standard InChI is InChI=1S/C26H23NO4S/c1-17-6-12-23(13-7-17)32(29,30)27-22-11-10-21-15-24(26(28)31-25(21)16-22)20-9-8-18-4-2-3-5-19(18)14-20/h6-16,27H,2-5H2,1H3. The Bertz CT molecular complexity index is 1490. The summed E-state index contributed by atoms with van der Waals surface area (Å²) in [5.74, 6) is 0. The van der Waals surface area contributed by atoms with Gasteiger partial charge < -0.3 is 4.42 Å². The Morgan fingerprint density at radius 1 is 0.844 bits per heavy atom. The first kappa shape index (κ1) is 20.5. The number of benzene rings is 3. The first-order valence-corrected chi connectivity index (χ1v) is 12.2. The average molecular weight is 446 g/mol. The van der Waals surface area contributed by atoms with E-state index in [-0.39, 0.29) is 4.90 Å². The van der Waals surface area contributed by atoms with Gasteiger partial charge in [0.2, 0.25) is 0 Å². The summed E-state index contributed by atoms with van der Waals surface area (Å²) < 4.78 is 33.5. The molecular weight excluding hydrogens is 422 g/mol. The van der Waals surface area contributed by atoms with Crippen LogP contribution in [-0.2, 0) is 22.9 Å². The summed E-state index contributed by atoms with van der Waals surface area (Å²) in [6.07, 6.45) is 4.50. The Hall–Kier alpha value is -3.38. The molecule has 0 radical (unpaired) electrons. The number of anilines is 1. The second-order valence-corrected chi connectivity index (χ2v) is 9.99. The molecule has 5 rings (SSSR count). The summed E-state index contributed by atoms with van der Waals surface area (Å²) in [7, 11) is -3.74. The first-order valence-electron chi connectivity index (χ1n) is 10.7. The molecule has 0 amide bonds.